The first-order valence-electron chi connectivity index (χ1n) is 11.7. The molecular weight excluding hydrogens is 456 g/mol. The Bertz CT molecular complexity index is 1290. The molecule has 0 saturated carbocycles. The highest BCUT2D eigenvalue weighted by molar-refractivity contribution is 6.34. The second kappa shape index (κ2) is 12.4. The number of rotatable bonds is 9. The summed E-state index contributed by atoms with van der Waals surface area (Å²) in [5.41, 5.74) is 2.32. The van der Waals surface area contributed by atoms with Gasteiger partial charge in [-0.15, -0.1) is 0 Å². The number of nitrogens with zero attached hydrogens (tertiary/aromatic N) is 1. The van der Waals surface area contributed by atoms with Gasteiger partial charge in [-0.1, -0.05) is 79.7 Å². The second-order valence-electron chi connectivity index (χ2n) is 8.55. The summed E-state index contributed by atoms with van der Waals surface area (Å²) in [4.78, 5) is 50.3. The molecule has 0 aliphatic heterocycles. The van der Waals surface area contributed by atoms with E-state index in [-0.39, 0.29) is 24.8 Å². The Hall–Kier alpha value is -4.26. The van der Waals surface area contributed by atoms with Gasteiger partial charge in [-0.2, -0.15) is 0 Å². The second-order valence-corrected chi connectivity index (χ2v) is 8.55. The first kappa shape index (κ1) is 26.3. The van der Waals surface area contributed by atoms with Crippen LogP contribution in [0.4, 0.5) is 0 Å². The molecule has 3 aromatic carbocycles. The molecule has 0 bridgehead atoms. The molecule has 186 valence electrons. The van der Waals surface area contributed by atoms with E-state index in [0.717, 1.165) is 22.4 Å². The summed E-state index contributed by atoms with van der Waals surface area (Å²) in [6.45, 7) is 2.15. The lowest BCUT2D eigenvalue weighted by atomic mass is 9.88. The van der Waals surface area contributed by atoms with Crippen LogP contribution in [0.1, 0.15) is 40.7 Å². The summed E-state index contributed by atoms with van der Waals surface area (Å²) in [5.74, 6) is -2.12. The predicted octanol–water partition coefficient (Wildman–Crippen LogP) is 4.02. The fourth-order valence-corrected chi connectivity index (χ4v) is 4.06. The zero-order chi connectivity index (χ0) is 26.1. The van der Waals surface area contributed by atoms with Crippen LogP contribution in [0.3, 0.4) is 0 Å². The van der Waals surface area contributed by atoms with Crippen molar-refractivity contribution < 1.29 is 23.9 Å². The largest absolute Gasteiger partial charge is 0.466 e. The number of hydrogen-bond donors (Lipinski definition) is 1. The average Bonchev–Trinajstić information content (AvgIpc) is 2.90. The summed E-state index contributed by atoms with van der Waals surface area (Å²) >= 11 is 0. The van der Waals surface area contributed by atoms with Crippen LogP contribution in [0.25, 0.3) is 10.8 Å². The van der Waals surface area contributed by atoms with E-state index >= 15 is 0 Å². The number of Topliss-reactive ketones (excluding diaryl/α,β-unsaturated/α-hetero) is 1. The Morgan fingerprint density at radius 1 is 0.972 bits per heavy atom. The van der Waals surface area contributed by atoms with Crippen LogP contribution < -0.4 is 5.32 Å². The number of methoxy groups -OCH3 is 1. The number of fused-ring (bicyclic) bond motifs is 1. The molecule has 0 saturated heterocycles. The van der Waals surface area contributed by atoms with Gasteiger partial charge >= 0.3 is 17.8 Å². The smallest absolute Gasteiger partial charge is 0.330 e. The fourth-order valence-electron chi connectivity index (χ4n) is 4.06. The van der Waals surface area contributed by atoms with Gasteiger partial charge in [-0.05, 0) is 27.8 Å². The maximum absolute atomic E-state index is 13.3. The average molecular weight is 487 g/mol. The van der Waals surface area contributed by atoms with E-state index in [4.69, 9.17) is 0 Å². The van der Waals surface area contributed by atoms with Crippen LogP contribution in [0.2, 0.25) is 0 Å². The van der Waals surface area contributed by atoms with Crippen molar-refractivity contribution >= 4 is 34.3 Å². The summed E-state index contributed by atoms with van der Waals surface area (Å²) in [6.07, 6.45) is 2.87. The van der Waals surface area contributed by atoms with Crippen molar-refractivity contribution in [3.05, 3.63) is 95.6 Å². The van der Waals surface area contributed by atoms with Gasteiger partial charge in [0, 0.05) is 38.2 Å². The minimum absolute atomic E-state index is 0.000148. The van der Waals surface area contributed by atoms with Crippen LogP contribution >= 0.6 is 0 Å². The summed E-state index contributed by atoms with van der Waals surface area (Å²) in [6, 6.07) is 21.4. The van der Waals surface area contributed by atoms with Crippen molar-refractivity contribution in [2.24, 2.45) is 0 Å². The number of carbonyl (C=O) groups excluding carboxylic acids is 4. The quantitative estimate of drug-likeness (QED) is 0.213. The Balaban J connectivity index is 1.66. The van der Waals surface area contributed by atoms with Crippen molar-refractivity contribution in [3.8, 4) is 0 Å². The third kappa shape index (κ3) is 6.66. The van der Waals surface area contributed by atoms with Crippen LogP contribution in [-0.2, 0) is 25.7 Å². The van der Waals surface area contributed by atoms with Crippen LogP contribution in [-0.4, -0.2) is 49.2 Å². The molecule has 0 fully saturated rings. The van der Waals surface area contributed by atoms with Gasteiger partial charge in [0.05, 0.1) is 7.11 Å². The number of esters is 1. The van der Waals surface area contributed by atoms with Gasteiger partial charge in [0.2, 0.25) is 0 Å². The zero-order valence-electron chi connectivity index (χ0n) is 20.7. The standard InChI is InChI=1S/C29H30N2O5/c1-20(23-15-8-12-21-10-4-6-13-24(21)23)18-26(32)25-14-7-5-11-22(25)19-31(2)29(35)28(34)30-17-9-16-27(33)36-3/h4-16,20H,17-19H2,1-3H3,(H,30,34)/b16-9+/t20-/m0/s1. The van der Waals surface area contributed by atoms with Gasteiger partial charge in [-0.25, -0.2) is 4.79 Å². The fraction of sp³-hybridized carbons (Fsp3) is 0.241. The number of hydrogen-bond acceptors (Lipinski definition) is 5. The topological polar surface area (TPSA) is 92.8 Å². The summed E-state index contributed by atoms with van der Waals surface area (Å²) < 4.78 is 4.47. The Morgan fingerprint density at radius 2 is 1.67 bits per heavy atom. The summed E-state index contributed by atoms with van der Waals surface area (Å²) in [5, 5.41) is 4.70. The predicted molar refractivity (Wildman–Crippen MR) is 138 cm³/mol. The number of carbonyl (C=O) groups is 4. The Morgan fingerprint density at radius 3 is 2.44 bits per heavy atom. The monoisotopic (exact) mass is 486 g/mol. The SMILES string of the molecule is COC(=O)/C=C/CNC(=O)C(=O)N(C)Cc1ccccc1C(=O)C[C@H](C)c1cccc2ccccc12. The van der Waals surface area contributed by atoms with Crippen molar-refractivity contribution in [2.45, 2.75) is 25.8 Å². The molecular formula is C29H30N2O5. The number of likely N-dealkylation sites (N-methyl/N-ethyl adjacent to an activating group) is 1. The van der Waals surface area contributed by atoms with Crippen LogP contribution in [0.5, 0.6) is 0 Å². The highest BCUT2D eigenvalue weighted by Gasteiger charge is 2.21. The number of ketones is 1. The van der Waals surface area contributed by atoms with Gasteiger partial charge < -0.3 is 15.0 Å². The molecule has 0 aromatic heterocycles. The van der Waals surface area contributed by atoms with Gasteiger partial charge in [0.15, 0.2) is 5.78 Å². The highest BCUT2D eigenvalue weighted by atomic mass is 16.5. The van der Waals surface area contributed by atoms with Crippen molar-refractivity contribution in [2.75, 3.05) is 20.7 Å². The normalized spacial score (nSPS) is 11.8. The Kier molecular flexibility index (Phi) is 9.11. The van der Waals surface area contributed by atoms with E-state index in [9.17, 15) is 19.2 Å². The van der Waals surface area contributed by atoms with Crippen LogP contribution in [0, 0.1) is 0 Å². The zero-order valence-corrected chi connectivity index (χ0v) is 20.7. The molecule has 1 atom stereocenters. The molecule has 2 amide bonds. The molecule has 0 aliphatic rings. The number of nitrogens with one attached hydrogen (secondary N) is 1. The Labute approximate surface area is 210 Å². The molecule has 3 rings (SSSR count). The molecule has 0 unspecified atom stereocenters. The number of ether oxygens (including phenoxy) is 1. The van der Waals surface area contributed by atoms with E-state index in [0.29, 0.717) is 17.5 Å². The molecule has 3 aromatic rings. The van der Waals surface area contributed by atoms with Crippen molar-refractivity contribution in [3.63, 3.8) is 0 Å². The third-order valence-corrected chi connectivity index (χ3v) is 5.95. The van der Waals surface area contributed by atoms with E-state index in [1.54, 1.807) is 24.3 Å². The molecule has 0 heterocycles. The molecule has 7 heteroatoms. The van der Waals surface area contributed by atoms with Gasteiger partial charge in [0.1, 0.15) is 0 Å². The number of amides is 2. The lowest BCUT2D eigenvalue weighted by molar-refractivity contribution is -0.145. The molecule has 1 N–H and O–H groups in total. The maximum Gasteiger partial charge on any atom is 0.330 e. The lowest BCUT2D eigenvalue weighted by Crippen LogP contribution is -2.41. The summed E-state index contributed by atoms with van der Waals surface area (Å²) in [7, 11) is 2.75. The van der Waals surface area contributed by atoms with E-state index < -0.39 is 17.8 Å². The highest BCUT2D eigenvalue weighted by Crippen LogP contribution is 2.29. The van der Waals surface area contributed by atoms with E-state index in [2.05, 4.69) is 34.3 Å². The van der Waals surface area contributed by atoms with E-state index in [1.807, 2.05) is 25.1 Å². The minimum atomic E-state index is -0.805. The lowest BCUT2D eigenvalue weighted by Gasteiger charge is -2.19. The van der Waals surface area contributed by atoms with Crippen molar-refractivity contribution in [1.82, 2.24) is 10.2 Å². The third-order valence-electron chi connectivity index (χ3n) is 5.95. The maximum atomic E-state index is 13.3. The number of benzene rings is 3. The van der Waals surface area contributed by atoms with E-state index in [1.165, 1.54) is 25.1 Å². The van der Waals surface area contributed by atoms with Crippen LogP contribution in [0.15, 0.2) is 78.9 Å². The van der Waals surface area contributed by atoms with Gasteiger partial charge in [0.25, 0.3) is 0 Å². The first-order valence-corrected chi connectivity index (χ1v) is 11.7. The van der Waals surface area contributed by atoms with Crippen molar-refractivity contribution in [1.29, 1.82) is 0 Å². The molecule has 36 heavy (non-hydrogen) atoms. The molecule has 0 radical (unpaired) electrons. The van der Waals surface area contributed by atoms with Gasteiger partial charge in [-0.3, -0.25) is 14.4 Å². The molecule has 7 nitrogen and oxygen atoms in total. The molecule has 0 aliphatic carbocycles. The molecule has 0 spiro atoms. The minimum Gasteiger partial charge on any atom is -0.466 e. The first-order chi connectivity index (χ1) is 17.3.